The molecule has 1 heterocycles. The van der Waals surface area contributed by atoms with Crippen molar-refractivity contribution < 1.29 is 4.74 Å². The van der Waals surface area contributed by atoms with Crippen molar-refractivity contribution in [1.29, 1.82) is 0 Å². The lowest BCUT2D eigenvalue weighted by molar-refractivity contribution is 0.515. The summed E-state index contributed by atoms with van der Waals surface area (Å²) in [6, 6.07) is 0. The Balaban J connectivity index is 2.34. The second-order valence-electron chi connectivity index (χ2n) is 1.14. The summed E-state index contributed by atoms with van der Waals surface area (Å²) in [6.07, 6.45) is 5.57. The first-order chi connectivity index (χ1) is 2.93. The fourth-order valence-corrected chi connectivity index (χ4v) is 0.277. The zero-order chi connectivity index (χ0) is 4.41. The lowest BCUT2D eigenvalue weighted by Crippen LogP contribution is -1.46. The third-order valence-electron chi connectivity index (χ3n) is 0.585. The van der Waals surface area contributed by atoms with Crippen molar-refractivity contribution in [3.05, 3.63) is 24.2 Å². The second kappa shape index (κ2) is 1.17. The number of hydrogen-bond donors (Lipinski definition) is 0. The number of rotatable bonds is 1. The summed E-state index contributed by atoms with van der Waals surface area (Å²) < 4.78 is 4.65. The van der Waals surface area contributed by atoms with Gasteiger partial charge in [0.25, 0.3) is 0 Å². The van der Waals surface area contributed by atoms with Crippen LogP contribution in [0.3, 0.4) is 0 Å². The summed E-state index contributed by atoms with van der Waals surface area (Å²) >= 11 is 0. The summed E-state index contributed by atoms with van der Waals surface area (Å²) in [6.45, 7) is 1.96. The maximum absolute atomic E-state index is 4.65. The van der Waals surface area contributed by atoms with E-state index in [1.54, 1.807) is 6.26 Å². The van der Waals surface area contributed by atoms with E-state index in [2.05, 4.69) is 4.74 Å². The molecular formula is C5H6O. The first-order valence-electron chi connectivity index (χ1n) is 1.93. The molecule has 0 radical (unpaired) electrons. The SMILES string of the molecule is CC=CC1=CO1. The summed E-state index contributed by atoms with van der Waals surface area (Å²) in [7, 11) is 0. The highest BCUT2D eigenvalue weighted by atomic mass is 16.5. The molecule has 0 unspecified atom stereocenters. The molecule has 1 heteroatoms. The summed E-state index contributed by atoms with van der Waals surface area (Å²) in [5.74, 6) is 0.984. The van der Waals surface area contributed by atoms with E-state index in [1.807, 2.05) is 19.1 Å². The average Bonchev–Trinajstić information content (AvgIpc) is 2.21. The molecule has 32 valence electrons. The lowest BCUT2D eigenvalue weighted by atomic mass is 10.5. The minimum atomic E-state index is 0.984. The molecule has 0 aromatic carbocycles. The topological polar surface area (TPSA) is 12.5 Å². The van der Waals surface area contributed by atoms with Crippen LogP contribution in [0.4, 0.5) is 0 Å². The van der Waals surface area contributed by atoms with Crippen LogP contribution >= 0.6 is 0 Å². The van der Waals surface area contributed by atoms with E-state index in [-0.39, 0.29) is 0 Å². The van der Waals surface area contributed by atoms with Gasteiger partial charge >= 0.3 is 0 Å². The van der Waals surface area contributed by atoms with Crippen molar-refractivity contribution in [3.63, 3.8) is 0 Å². The molecule has 1 aliphatic heterocycles. The molecule has 0 aliphatic carbocycles. The Hall–Kier alpha value is -0.720. The lowest BCUT2D eigenvalue weighted by Gasteiger charge is -1.64. The van der Waals surface area contributed by atoms with Crippen LogP contribution < -0.4 is 0 Å². The van der Waals surface area contributed by atoms with Gasteiger partial charge in [0.2, 0.25) is 0 Å². The molecule has 0 bridgehead atoms. The zero-order valence-corrected chi connectivity index (χ0v) is 3.64. The Kier molecular flexibility index (Phi) is 0.675. The Labute approximate surface area is 36.9 Å². The molecule has 0 N–H and O–H groups in total. The molecule has 0 saturated carbocycles. The highest BCUT2D eigenvalue weighted by molar-refractivity contribution is 5.18. The van der Waals surface area contributed by atoms with E-state index in [0.717, 1.165) is 5.76 Å². The Bertz CT molecular complexity index is 101. The quantitative estimate of drug-likeness (QED) is 0.466. The van der Waals surface area contributed by atoms with Crippen LogP contribution in [0.2, 0.25) is 0 Å². The Morgan fingerprint density at radius 3 is 2.67 bits per heavy atom. The highest BCUT2D eigenvalue weighted by Crippen LogP contribution is 2.12. The first-order valence-corrected chi connectivity index (χ1v) is 1.93. The van der Waals surface area contributed by atoms with Crippen molar-refractivity contribution in [3.8, 4) is 0 Å². The molecule has 0 saturated heterocycles. The fourth-order valence-electron chi connectivity index (χ4n) is 0.277. The largest absolute Gasteiger partial charge is 0.458 e. The first kappa shape index (κ1) is 3.47. The molecule has 0 aromatic heterocycles. The van der Waals surface area contributed by atoms with Gasteiger partial charge in [0.05, 0.1) is 0 Å². The van der Waals surface area contributed by atoms with Crippen LogP contribution in [-0.2, 0) is 4.74 Å². The minimum absolute atomic E-state index is 0.984. The van der Waals surface area contributed by atoms with E-state index >= 15 is 0 Å². The average molecular weight is 82.1 g/mol. The van der Waals surface area contributed by atoms with Crippen LogP contribution in [0.25, 0.3) is 0 Å². The summed E-state index contributed by atoms with van der Waals surface area (Å²) in [5, 5.41) is 0. The van der Waals surface area contributed by atoms with Crippen LogP contribution in [0.1, 0.15) is 6.92 Å². The molecule has 0 amide bonds. The minimum Gasteiger partial charge on any atom is -0.458 e. The Morgan fingerprint density at radius 2 is 2.50 bits per heavy atom. The fraction of sp³-hybridized carbons (Fsp3) is 0.200. The Morgan fingerprint density at radius 1 is 1.83 bits per heavy atom. The van der Waals surface area contributed by atoms with Crippen LogP contribution in [0.15, 0.2) is 24.2 Å². The standard InChI is InChI=1S/C5H6O/c1-2-3-5-4-6-5/h2-4H,1H3. The van der Waals surface area contributed by atoms with Gasteiger partial charge in [0.15, 0.2) is 5.76 Å². The van der Waals surface area contributed by atoms with Gasteiger partial charge in [-0.2, -0.15) is 0 Å². The molecule has 0 atom stereocenters. The normalized spacial score (nSPS) is 17.2. The summed E-state index contributed by atoms with van der Waals surface area (Å²) in [5.41, 5.74) is 0. The molecular weight excluding hydrogens is 76.1 g/mol. The monoisotopic (exact) mass is 82.0 g/mol. The van der Waals surface area contributed by atoms with Gasteiger partial charge in [-0.05, 0) is 13.0 Å². The third-order valence-corrected chi connectivity index (χ3v) is 0.585. The molecule has 0 aromatic rings. The van der Waals surface area contributed by atoms with E-state index in [9.17, 15) is 0 Å². The molecule has 1 aliphatic rings. The van der Waals surface area contributed by atoms with Gasteiger partial charge in [-0.15, -0.1) is 0 Å². The molecule has 6 heavy (non-hydrogen) atoms. The van der Waals surface area contributed by atoms with Gasteiger partial charge < -0.3 is 4.74 Å². The van der Waals surface area contributed by atoms with Gasteiger partial charge in [-0.3, -0.25) is 0 Å². The van der Waals surface area contributed by atoms with E-state index < -0.39 is 0 Å². The second-order valence-corrected chi connectivity index (χ2v) is 1.14. The van der Waals surface area contributed by atoms with Gasteiger partial charge in [0, 0.05) is 0 Å². The van der Waals surface area contributed by atoms with E-state index in [0.29, 0.717) is 0 Å². The molecule has 1 nitrogen and oxygen atoms in total. The van der Waals surface area contributed by atoms with E-state index in [4.69, 9.17) is 0 Å². The highest BCUT2D eigenvalue weighted by Gasteiger charge is 2.00. The number of allylic oxidation sites excluding steroid dienone is 2. The molecule has 1 rings (SSSR count). The maximum Gasteiger partial charge on any atom is 0.161 e. The van der Waals surface area contributed by atoms with Crippen molar-refractivity contribution >= 4 is 0 Å². The van der Waals surface area contributed by atoms with Crippen LogP contribution in [0.5, 0.6) is 0 Å². The predicted molar refractivity (Wildman–Crippen MR) is 24.0 cm³/mol. The van der Waals surface area contributed by atoms with Crippen LogP contribution in [-0.4, -0.2) is 0 Å². The molecule has 0 spiro atoms. The zero-order valence-electron chi connectivity index (χ0n) is 3.64. The number of hydrogen-bond acceptors (Lipinski definition) is 1. The predicted octanol–water partition coefficient (Wildman–Crippen LogP) is 1.43. The van der Waals surface area contributed by atoms with Crippen molar-refractivity contribution in [1.82, 2.24) is 0 Å². The van der Waals surface area contributed by atoms with E-state index in [1.165, 1.54) is 0 Å². The number of ether oxygens (including phenoxy) is 1. The summed E-state index contributed by atoms with van der Waals surface area (Å²) in [4.78, 5) is 0. The smallest absolute Gasteiger partial charge is 0.161 e. The van der Waals surface area contributed by atoms with Crippen molar-refractivity contribution in [2.45, 2.75) is 6.92 Å². The van der Waals surface area contributed by atoms with Gasteiger partial charge in [0.1, 0.15) is 6.26 Å². The maximum atomic E-state index is 4.65. The van der Waals surface area contributed by atoms with Crippen molar-refractivity contribution in [2.75, 3.05) is 0 Å². The third kappa shape index (κ3) is 0.612. The molecule has 0 fully saturated rings. The van der Waals surface area contributed by atoms with Gasteiger partial charge in [-0.1, -0.05) is 6.08 Å². The van der Waals surface area contributed by atoms with Gasteiger partial charge in [-0.25, -0.2) is 0 Å². The van der Waals surface area contributed by atoms with Crippen LogP contribution in [0, 0.1) is 0 Å². The van der Waals surface area contributed by atoms with Crippen molar-refractivity contribution in [2.24, 2.45) is 0 Å².